The molecule has 0 spiro atoms. The van der Waals surface area contributed by atoms with Crippen LogP contribution in [0.5, 0.6) is 5.75 Å². The number of hydrogen-bond donors (Lipinski definition) is 1. The Balaban J connectivity index is 1.63. The third-order valence-corrected chi connectivity index (χ3v) is 4.31. The van der Waals surface area contributed by atoms with Gasteiger partial charge in [-0.15, -0.1) is 0 Å². The summed E-state index contributed by atoms with van der Waals surface area (Å²) < 4.78 is 12.3. The minimum Gasteiger partial charge on any atom is -0.497 e. The van der Waals surface area contributed by atoms with Crippen LogP contribution < -0.4 is 10.4 Å². The van der Waals surface area contributed by atoms with Crippen molar-refractivity contribution in [1.82, 2.24) is 19.7 Å². The van der Waals surface area contributed by atoms with E-state index in [1.54, 1.807) is 11.7 Å². The van der Waals surface area contributed by atoms with Gasteiger partial charge in [-0.1, -0.05) is 17.3 Å². The van der Waals surface area contributed by atoms with E-state index in [-0.39, 0.29) is 5.69 Å². The molecule has 0 amide bonds. The predicted octanol–water partition coefficient (Wildman–Crippen LogP) is 3.00. The number of fused-ring (bicyclic) bond motifs is 1. The summed E-state index contributed by atoms with van der Waals surface area (Å²) in [4.78, 5) is 19.2. The molecular formula is C19H18N4O3. The van der Waals surface area contributed by atoms with Crippen LogP contribution in [0.4, 0.5) is 0 Å². The molecule has 0 aliphatic carbocycles. The average molecular weight is 350 g/mol. The molecule has 1 N–H and O–H groups in total. The smallest absolute Gasteiger partial charge is 0.326 e. The number of benzene rings is 2. The van der Waals surface area contributed by atoms with Crippen LogP contribution >= 0.6 is 0 Å². The summed E-state index contributed by atoms with van der Waals surface area (Å²) in [6.07, 6.45) is 0.523. The number of rotatable bonds is 5. The van der Waals surface area contributed by atoms with Gasteiger partial charge in [0.05, 0.1) is 24.6 Å². The van der Waals surface area contributed by atoms with Crippen molar-refractivity contribution in [1.29, 1.82) is 0 Å². The number of aryl methyl sites for hydroxylation is 1. The van der Waals surface area contributed by atoms with E-state index in [0.717, 1.165) is 27.9 Å². The fraction of sp³-hybridized carbons (Fsp3) is 0.211. The molecule has 0 saturated heterocycles. The Bertz CT molecular complexity index is 1120. The first-order chi connectivity index (χ1) is 12.7. The lowest BCUT2D eigenvalue weighted by Crippen LogP contribution is -2.14. The summed E-state index contributed by atoms with van der Waals surface area (Å²) in [5.74, 6) is 1.81. The van der Waals surface area contributed by atoms with Gasteiger partial charge in [0.15, 0.2) is 0 Å². The lowest BCUT2D eigenvalue weighted by Gasteiger charge is -2.01. The molecule has 26 heavy (non-hydrogen) atoms. The van der Waals surface area contributed by atoms with Crippen molar-refractivity contribution in [3.8, 4) is 17.1 Å². The molecule has 4 aromatic rings. The highest BCUT2D eigenvalue weighted by molar-refractivity contribution is 5.80. The van der Waals surface area contributed by atoms with Gasteiger partial charge in [0.2, 0.25) is 11.7 Å². The maximum atomic E-state index is 11.9. The van der Waals surface area contributed by atoms with Gasteiger partial charge < -0.3 is 14.2 Å². The number of nitrogens with one attached hydrogen (secondary N) is 1. The second-order valence-corrected chi connectivity index (χ2v) is 5.95. The van der Waals surface area contributed by atoms with Crippen molar-refractivity contribution in [3.63, 3.8) is 0 Å². The molecule has 2 aromatic carbocycles. The van der Waals surface area contributed by atoms with Gasteiger partial charge in [-0.25, -0.2) is 4.79 Å². The van der Waals surface area contributed by atoms with Crippen LogP contribution in [0.15, 0.2) is 51.8 Å². The van der Waals surface area contributed by atoms with E-state index in [2.05, 4.69) is 15.1 Å². The Morgan fingerprint density at radius 3 is 2.92 bits per heavy atom. The van der Waals surface area contributed by atoms with E-state index >= 15 is 0 Å². The summed E-state index contributed by atoms with van der Waals surface area (Å²) >= 11 is 0. The quantitative estimate of drug-likeness (QED) is 0.598. The normalized spacial score (nSPS) is 11.2. The molecule has 0 unspecified atom stereocenters. The van der Waals surface area contributed by atoms with Crippen LogP contribution in [0.1, 0.15) is 18.4 Å². The molecule has 0 aliphatic heterocycles. The monoisotopic (exact) mass is 350 g/mol. The molecule has 0 radical (unpaired) electrons. The SMILES string of the molecule is CCn1c(=O)[nH]c2cc(-c3noc(Cc4cccc(OC)c4)n3)ccc21. The van der Waals surface area contributed by atoms with Crippen LogP contribution in [0, 0.1) is 0 Å². The molecule has 0 fully saturated rings. The van der Waals surface area contributed by atoms with Gasteiger partial charge in [0, 0.05) is 12.1 Å². The van der Waals surface area contributed by atoms with E-state index in [4.69, 9.17) is 9.26 Å². The number of methoxy groups -OCH3 is 1. The number of ether oxygens (including phenoxy) is 1. The Kier molecular flexibility index (Phi) is 4.04. The summed E-state index contributed by atoms with van der Waals surface area (Å²) in [5.41, 5.74) is 3.32. The van der Waals surface area contributed by atoms with Crippen molar-refractivity contribution < 1.29 is 9.26 Å². The maximum Gasteiger partial charge on any atom is 0.326 e. The van der Waals surface area contributed by atoms with Crippen molar-refractivity contribution in [2.24, 2.45) is 0 Å². The van der Waals surface area contributed by atoms with Gasteiger partial charge in [-0.05, 0) is 42.8 Å². The molecule has 0 bridgehead atoms. The molecule has 7 nitrogen and oxygen atoms in total. The highest BCUT2D eigenvalue weighted by Crippen LogP contribution is 2.22. The van der Waals surface area contributed by atoms with Gasteiger partial charge >= 0.3 is 5.69 Å². The summed E-state index contributed by atoms with van der Waals surface area (Å²) in [6.45, 7) is 2.55. The Morgan fingerprint density at radius 2 is 2.12 bits per heavy atom. The minimum absolute atomic E-state index is 0.119. The lowest BCUT2D eigenvalue weighted by atomic mass is 10.1. The number of nitrogens with zero attached hydrogens (tertiary/aromatic N) is 3. The van der Waals surface area contributed by atoms with E-state index in [9.17, 15) is 4.79 Å². The van der Waals surface area contributed by atoms with E-state index in [1.165, 1.54) is 0 Å². The van der Waals surface area contributed by atoms with Gasteiger partial charge in [0.25, 0.3) is 0 Å². The van der Waals surface area contributed by atoms with Crippen molar-refractivity contribution in [2.75, 3.05) is 7.11 Å². The number of H-pyrrole nitrogens is 1. The summed E-state index contributed by atoms with van der Waals surface area (Å²) in [7, 11) is 1.64. The second kappa shape index (κ2) is 6.51. The molecule has 0 saturated carbocycles. The highest BCUT2D eigenvalue weighted by Gasteiger charge is 2.12. The molecule has 0 aliphatic rings. The largest absolute Gasteiger partial charge is 0.497 e. The summed E-state index contributed by atoms with van der Waals surface area (Å²) in [5, 5.41) is 4.07. The molecule has 2 heterocycles. The van der Waals surface area contributed by atoms with Crippen LogP contribution in [0.25, 0.3) is 22.4 Å². The van der Waals surface area contributed by atoms with E-state index in [0.29, 0.717) is 24.7 Å². The molecule has 0 atom stereocenters. The predicted molar refractivity (Wildman–Crippen MR) is 97.3 cm³/mol. The zero-order valence-corrected chi connectivity index (χ0v) is 14.5. The molecule has 2 aromatic heterocycles. The molecular weight excluding hydrogens is 332 g/mol. The number of imidazole rings is 1. The van der Waals surface area contributed by atoms with Crippen molar-refractivity contribution in [2.45, 2.75) is 19.9 Å². The minimum atomic E-state index is -0.119. The molecule has 7 heteroatoms. The van der Waals surface area contributed by atoms with Crippen molar-refractivity contribution >= 4 is 11.0 Å². The van der Waals surface area contributed by atoms with Crippen LogP contribution in [-0.4, -0.2) is 26.8 Å². The molecule has 132 valence electrons. The first-order valence-corrected chi connectivity index (χ1v) is 8.36. The average Bonchev–Trinajstić information content (AvgIpc) is 3.24. The Labute approximate surface area is 149 Å². The van der Waals surface area contributed by atoms with Crippen LogP contribution in [0.2, 0.25) is 0 Å². The first-order valence-electron chi connectivity index (χ1n) is 8.36. The standard InChI is InChI=1S/C19H18N4O3/c1-3-23-16-8-7-13(11-15(16)20-19(23)24)18-21-17(26-22-18)10-12-5-4-6-14(9-12)25-2/h4-9,11H,3,10H2,1-2H3,(H,20,24). The number of aromatic amines is 1. The number of aromatic nitrogens is 4. The van der Waals surface area contributed by atoms with Gasteiger partial charge in [-0.2, -0.15) is 4.98 Å². The zero-order chi connectivity index (χ0) is 18.1. The van der Waals surface area contributed by atoms with Crippen LogP contribution in [-0.2, 0) is 13.0 Å². The zero-order valence-electron chi connectivity index (χ0n) is 14.5. The topological polar surface area (TPSA) is 85.9 Å². The lowest BCUT2D eigenvalue weighted by molar-refractivity contribution is 0.385. The third kappa shape index (κ3) is 2.88. The second-order valence-electron chi connectivity index (χ2n) is 5.95. The van der Waals surface area contributed by atoms with Gasteiger partial charge in [0.1, 0.15) is 5.75 Å². The number of hydrogen-bond acceptors (Lipinski definition) is 5. The Morgan fingerprint density at radius 1 is 1.23 bits per heavy atom. The van der Waals surface area contributed by atoms with Crippen molar-refractivity contribution in [3.05, 3.63) is 64.4 Å². The van der Waals surface area contributed by atoms with E-state index < -0.39 is 0 Å². The maximum absolute atomic E-state index is 11.9. The first kappa shape index (κ1) is 16.1. The van der Waals surface area contributed by atoms with Gasteiger partial charge in [-0.3, -0.25) is 4.57 Å². The summed E-state index contributed by atoms with van der Waals surface area (Å²) in [6, 6.07) is 13.4. The van der Waals surface area contributed by atoms with Crippen LogP contribution in [0.3, 0.4) is 0 Å². The van der Waals surface area contributed by atoms with E-state index in [1.807, 2.05) is 49.4 Å². The fourth-order valence-corrected chi connectivity index (χ4v) is 3.02. The Hall–Kier alpha value is -3.35. The highest BCUT2D eigenvalue weighted by atomic mass is 16.5. The molecule has 4 rings (SSSR count). The fourth-order valence-electron chi connectivity index (χ4n) is 3.02. The third-order valence-electron chi connectivity index (χ3n) is 4.31.